The SMILES string of the molecule is CC(C)(C)OC(=O)N1CCNC[C@H]1C(=O)OC1CCCC1. The number of esters is 1. The van der Waals surface area contributed by atoms with Gasteiger partial charge in [0.05, 0.1) is 0 Å². The van der Waals surface area contributed by atoms with Crippen LogP contribution in [0.2, 0.25) is 0 Å². The van der Waals surface area contributed by atoms with E-state index in [1.54, 1.807) is 0 Å². The van der Waals surface area contributed by atoms with Gasteiger partial charge in [-0.1, -0.05) is 0 Å². The second-order valence-corrected chi connectivity index (χ2v) is 6.74. The smallest absolute Gasteiger partial charge is 0.411 e. The van der Waals surface area contributed by atoms with Crippen LogP contribution in [-0.4, -0.2) is 54.3 Å². The normalized spacial score (nSPS) is 24.0. The van der Waals surface area contributed by atoms with Crippen LogP contribution in [0.25, 0.3) is 0 Å². The van der Waals surface area contributed by atoms with E-state index in [4.69, 9.17) is 9.47 Å². The molecule has 2 rings (SSSR count). The molecule has 1 N–H and O–H groups in total. The van der Waals surface area contributed by atoms with Crippen LogP contribution in [0, 0.1) is 0 Å². The molecule has 1 aliphatic carbocycles. The molecule has 0 aromatic rings. The molecule has 1 amide bonds. The van der Waals surface area contributed by atoms with Crippen molar-refractivity contribution in [3.05, 3.63) is 0 Å². The van der Waals surface area contributed by atoms with Crippen molar-refractivity contribution in [3.63, 3.8) is 0 Å². The summed E-state index contributed by atoms with van der Waals surface area (Å²) in [6.45, 7) is 6.99. The van der Waals surface area contributed by atoms with Crippen molar-refractivity contribution in [1.29, 1.82) is 0 Å². The molecule has 2 fully saturated rings. The van der Waals surface area contributed by atoms with Gasteiger partial charge in [-0.15, -0.1) is 0 Å². The summed E-state index contributed by atoms with van der Waals surface area (Å²) in [7, 11) is 0. The first kappa shape index (κ1) is 16.1. The first-order valence-electron chi connectivity index (χ1n) is 7.77. The van der Waals surface area contributed by atoms with Crippen LogP contribution >= 0.6 is 0 Å². The minimum Gasteiger partial charge on any atom is -0.461 e. The first-order chi connectivity index (χ1) is 9.87. The highest BCUT2D eigenvalue weighted by atomic mass is 16.6. The molecule has 1 heterocycles. The Bertz CT molecular complexity index is 386. The number of nitrogens with one attached hydrogen (secondary N) is 1. The molecule has 1 saturated heterocycles. The van der Waals surface area contributed by atoms with E-state index in [2.05, 4.69) is 5.32 Å². The monoisotopic (exact) mass is 298 g/mol. The summed E-state index contributed by atoms with van der Waals surface area (Å²) < 4.78 is 10.9. The molecule has 1 saturated carbocycles. The van der Waals surface area contributed by atoms with Gasteiger partial charge in [0.25, 0.3) is 0 Å². The minimum atomic E-state index is -0.589. The van der Waals surface area contributed by atoms with Crippen LogP contribution in [0.3, 0.4) is 0 Å². The molecule has 6 heteroatoms. The standard InChI is InChI=1S/C15H26N2O4/c1-15(2,3)21-14(19)17-9-8-16-10-12(17)13(18)20-11-6-4-5-7-11/h11-12,16H,4-10H2,1-3H3/t12-/m0/s1. The van der Waals surface area contributed by atoms with Gasteiger partial charge in [-0.25, -0.2) is 9.59 Å². The van der Waals surface area contributed by atoms with Crippen LogP contribution < -0.4 is 5.32 Å². The highest BCUT2D eigenvalue weighted by molar-refractivity contribution is 5.82. The van der Waals surface area contributed by atoms with E-state index >= 15 is 0 Å². The fourth-order valence-electron chi connectivity index (χ4n) is 2.70. The van der Waals surface area contributed by atoms with Gasteiger partial charge in [-0.2, -0.15) is 0 Å². The fraction of sp³-hybridized carbons (Fsp3) is 0.867. The molecule has 2 aliphatic rings. The summed E-state index contributed by atoms with van der Waals surface area (Å²) in [6.07, 6.45) is 3.64. The number of carbonyl (C=O) groups excluding carboxylic acids is 2. The highest BCUT2D eigenvalue weighted by Gasteiger charge is 2.37. The molecule has 6 nitrogen and oxygen atoms in total. The van der Waals surface area contributed by atoms with Crippen LogP contribution in [0.1, 0.15) is 46.5 Å². The van der Waals surface area contributed by atoms with E-state index in [0.717, 1.165) is 25.7 Å². The number of hydrogen-bond acceptors (Lipinski definition) is 5. The van der Waals surface area contributed by atoms with Gasteiger partial charge < -0.3 is 14.8 Å². The number of nitrogens with zero attached hydrogens (tertiary/aromatic N) is 1. The number of amides is 1. The Morgan fingerprint density at radius 3 is 2.48 bits per heavy atom. The second kappa shape index (κ2) is 6.64. The maximum absolute atomic E-state index is 12.3. The highest BCUT2D eigenvalue weighted by Crippen LogP contribution is 2.22. The van der Waals surface area contributed by atoms with E-state index in [1.165, 1.54) is 4.90 Å². The van der Waals surface area contributed by atoms with Crippen molar-refractivity contribution in [2.24, 2.45) is 0 Å². The molecular formula is C15H26N2O4. The zero-order valence-electron chi connectivity index (χ0n) is 13.2. The van der Waals surface area contributed by atoms with Crippen LogP contribution in [0.15, 0.2) is 0 Å². The molecule has 120 valence electrons. The third kappa shape index (κ3) is 4.59. The molecule has 21 heavy (non-hydrogen) atoms. The number of piperazine rings is 1. The van der Waals surface area contributed by atoms with Gasteiger partial charge in [0, 0.05) is 19.6 Å². The summed E-state index contributed by atoms with van der Waals surface area (Å²) in [6, 6.07) is -0.589. The summed E-state index contributed by atoms with van der Waals surface area (Å²) >= 11 is 0. The van der Waals surface area contributed by atoms with E-state index in [0.29, 0.717) is 19.6 Å². The average Bonchev–Trinajstić information content (AvgIpc) is 2.89. The Morgan fingerprint density at radius 1 is 1.19 bits per heavy atom. The Balaban J connectivity index is 1.97. The molecule has 0 bridgehead atoms. The van der Waals surface area contributed by atoms with Crippen molar-refractivity contribution in [2.45, 2.75) is 64.2 Å². The molecule has 0 spiro atoms. The summed E-state index contributed by atoms with van der Waals surface area (Å²) in [5, 5.41) is 3.14. The molecule has 0 aromatic carbocycles. The molecule has 1 aliphatic heterocycles. The van der Waals surface area contributed by atoms with Gasteiger partial charge in [0.15, 0.2) is 0 Å². The molecule has 0 unspecified atom stereocenters. The maximum Gasteiger partial charge on any atom is 0.411 e. The van der Waals surface area contributed by atoms with E-state index < -0.39 is 17.7 Å². The summed E-state index contributed by atoms with van der Waals surface area (Å²) in [5.41, 5.74) is -0.568. The molecule has 0 radical (unpaired) electrons. The average molecular weight is 298 g/mol. The zero-order valence-corrected chi connectivity index (χ0v) is 13.2. The van der Waals surface area contributed by atoms with Crippen molar-refractivity contribution in [2.75, 3.05) is 19.6 Å². The number of ether oxygens (including phenoxy) is 2. The summed E-state index contributed by atoms with van der Waals surface area (Å²) in [4.78, 5) is 26.0. The van der Waals surface area contributed by atoms with Crippen LogP contribution in [0.5, 0.6) is 0 Å². The predicted molar refractivity (Wildman–Crippen MR) is 77.9 cm³/mol. The number of hydrogen-bond donors (Lipinski definition) is 1. The third-order valence-electron chi connectivity index (χ3n) is 3.73. The quantitative estimate of drug-likeness (QED) is 0.786. The number of rotatable bonds is 2. The summed E-state index contributed by atoms with van der Waals surface area (Å²) in [5.74, 6) is -0.319. The zero-order chi connectivity index (χ0) is 15.5. The molecular weight excluding hydrogens is 272 g/mol. The van der Waals surface area contributed by atoms with Crippen LogP contribution in [0.4, 0.5) is 4.79 Å². The lowest BCUT2D eigenvalue weighted by atomic mass is 10.2. The number of carbonyl (C=O) groups is 2. The lowest BCUT2D eigenvalue weighted by Crippen LogP contribution is -2.58. The Morgan fingerprint density at radius 2 is 1.86 bits per heavy atom. The van der Waals surface area contributed by atoms with Crippen molar-refractivity contribution >= 4 is 12.1 Å². The van der Waals surface area contributed by atoms with E-state index in [9.17, 15) is 9.59 Å². The maximum atomic E-state index is 12.3. The predicted octanol–water partition coefficient (Wildman–Crippen LogP) is 1.68. The lowest BCUT2D eigenvalue weighted by molar-refractivity contribution is -0.155. The van der Waals surface area contributed by atoms with Gasteiger partial charge in [0.1, 0.15) is 17.7 Å². The van der Waals surface area contributed by atoms with Gasteiger partial charge >= 0.3 is 12.1 Å². The first-order valence-corrected chi connectivity index (χ1v) is 7.77. The second-order valence-electron chi connectivity index (χ2n) is 6.74. The fourth-order valence-corrected chi connectivity index (χ4v) is 2.70. The third-order valence-corrected chi connectivity index (χ3v) is 3.73. The molecule has 0 aromatic heterocycles. The van der Waals surface area contributed by atoms with Gasteiger partial charge in [-0.05, 0) is 46.5 Å². The topological polar surface area (TPSA) is 67.9 Å². The Hall–Kier alpha value is -1.30. The van der Waals surface area contributed by atoms with Gasteiger partial charge in [-0.3, -0.25) is 4.90 Å². The largest absolute Gasteiger partial charge is 0.461 e. The van der Waals surface area contributed by atoms with Crippen molar-refractivity contribution in [1.82, 2.24) is 10.2 Å². The Labute approximate surface area is 126 Å². The molecule has 1 atom stereocenters. The van der Waals surface area contributed by atoms with Crippen molar-refractivity contribution < 1.29 is 19.1 Å². The minimum absolute atomic E-state index is 0.0138. The van der Waals surface area contributed by atoms with E-state index in [-0.39, 0.29) is 12.1 Å². The lowest BCUT2D eigenvalue weighted by Gasteiger charge is -2.36. The van der Waals surface area contributed by atoms with E-state index in [1.807, 2.05) is 20.8 Å². The van der Waals surface area contributed by atoms with Crippen LogP contribution in [-0.2, 0) is 14.3 Å². The van der Waals surface area contributed by atoms with Gasteiger partial charge in [0.2, 0.25) is 0 Å². The Kier molecular flexibility index (Phi) is 5.08. The van der Waals surface area contributed by atoms with Crippen molar-refractivity contribution in [3.8, 4) is 0 Å².